The Labute approximate surface area is 119 Å². The molecule has 112 valence electrons. The fraction of sp³-hybridized carbons (Fsp3) is 0.0769. The van der Waals surface area contributed by atoms with E-state index in [-0.39, 0.29) is 10.6 Å². The monoisotopic (exact) mass is 316 g/mol. The van der Waals surface area contributed by atoms with Gasteiger partial charge in [-0.3, -0.25) is 4.72 Å². The van der Waals surface area contributed by atoms with Crippen LogP contribution in [0.4, 0.5) is 24.5 Å². The van der Waals surface area contributed by atoms with Crippen LogP contribution in [0.2, 0.25) is 0 Å². The van der Waals surface area contributed by atoms with E-state index in [4.69, 9.17) is 5.73 Å². The lowest BCUT2D eigenvalue weighted by Gasteiger charge is -2.10. The van der Waals surface area contributed by atoms with Crippen molar-refractivity contribution in [1.29, 1.82) is 0 Å². The maximum atomic E-state index is 13.5. The zero-order valence-electron chi connectivity index (χ0n) is 10.8. The van der Waals surface area contributed by atoms with Crippen molar-refractivity contribution in [3.8, 4) is 0 Å². The lowest BCUT2D eigenvalue weighted by Crippen LogP contribution is -2.15. The lowest BCUT2D eigenvalue weighted by atomic mass is 10.2. The van der Waals surface area contributed by atoms with E-state index in [0.29, 0.717) is 11.6 Å². The van der Waals surface area contributed by atoms with Crippen LogP contribution in [0.5, 0.6) is 0 Å². The minimum absolute atomic E-state index is 0.213. The SMILES string of the molecule is Cc1ccc(S(=O)(=O)Nc2ccc(F)c(F)c2F)cc1N. The first-order chi connectivity index (χ1) is 9.72. The summed E-state index contributed by atoms with van der Waals surface area (Å²) in [5.74, 6) is -4.77. The third-order valence-electron chi connectivity index (χ3n) is 2.84. The molecule has 0 aliphatic rings. The van der Waals surface area contributed by atoms with Crippen molar-refractivity contribution >= 4 is 21.4 Å². The van der Waals surface area contributed by atoms with E-state index in [9.17, 15) is 21.6 Å². The third kappa shape index (κ3) is 2.94. The fourth-order valence-electron chi connectivity index (χ4n) is 1.59. The number of anilines is 2. The predicted molar refractivity (Wildman–Crippen MR) is 72.7 cm³/mol. The Hall–Kier alpha value is -2.22. The van der Waals surface area contributed by atoms with Crippen LogP contribution in [-0.4, -0.2) is 8.42 Å². The normalized spacial score (nSPS) is 11.4. The van der Waals surface area contributed by atoms with E-state index in [1.54, 1.807) is 6.92 Å². The molecule has 0 atom stereocenters. The molecule has 0 fully saturated rings. The molecule has 8 heteroatoms. The van der Waals surface area contributed by atoms with Crippen LogP contribution in [0.3, 0.4) is 0 Å². The lowest BCUT2D eigenvalue weighted by molar-refractivity contribution is 0.449. The van der Waals surface area contributed by atoms with Gasteiger partial charge in [0, 0.05) is 5.69 Å². The zero-order valence-corrected chi connectivity index (χ0v) is 11.6. The average Bonchev–Trinajstić information content (AvgIpc) is 2.42. The van der Waals surface area contributed by atoms with Crippen molar-refractivity contribution in [2.75, 3.05) is 10.5 Å². The molecule has 0 amide bonds. The minimum Gasteiger partial charge on any atom is -0.398 e. The molecule has 0 bridgehead atoms. The number of benzene rings is 2. The summed E-state index contributed by atoms with van der Waals surface area (Å²) in [4.78, 5) is -0.213. The summed E-state index contributed by atoms with van der Waals surface area (Å²) in [6.07, 6.45) is 0. The zero-order chi connectivity index (χ0) is 15.8. The fourth-order valence-corrected chi connectivity index (χ4v) is 2.69. The summed E-state index contributed by atoms with van der Waals surface area (Å²) < 4.78 is 65.4. The van der Waals surface area contributed by atoms with Crippen LogP contribution in [-0.2, 0) is 10.0 Å². The van der Waals surface area contributed by atoms with Crippen molar-refractivity contribution in [3.05, 3.63) is 53.3 Å². The first kappa shape index (κ1) is 15.2. The summed E-state index contributed by atoms with van der Waals surface area (Å²) in [7, 11) is -4.16. The number of sulfonamides is 1. The minimum atomic E-state index is -4.16. The molecule has 21 heavy (non-hydrogen) atoms. The van der Waals surface area contributed by atoms with Gasteiger partial charge in [0.2, 0.25) is 0 Å². The largest absolute Gasteiger partial charge is 0.398 e. The molecule has 0 spiro atoms. The molecular formula is C13H11F3N2O2S. The maximum absolute atomic E-state index is 13.5. The smallest absolute Gasteiger partial charge is 0.262 e. The van der Waals surface area contributed by atoms with Crippen molar-refractivity contribution in [3.63, 3.8) is 0 Å². The Bertz CT molecular complexity index is 807. The third-order valence-corrected chi connectivity index (χ3v) is 4.20. The summed E-state index contributed by atoms with van der Waals surface area (Å²) in [6, 6.07) is 5.36. The van der Waals surface area contributed by atoms with Gasteiger partial charge >= 0.3 is 0 Å². The second-order valence-corrected chi connectivity index (χ2v) is 6.03. The number of hydrogen-bond acceptors (Lipinski definition) is 3. The van der Waals surface area contributed by atoms with Gasteiger partial charge in [-0.2, -0.15) is 0 Å². The molecule has 0 unspecified atom stereocenters. The van der Waals surface area contributed by atoms with Gasteiger partial charge in [-0.15, -0.1) is 0 Å². The first-order valence-corrected chi connectivity index (χ1v) is 7.23. The predicted octanol–water partition coefficient (Wildman–Crippen LogP) is 2.80. The van der Waals surface area contributed by atoms with Gasteiger partial charge in [0.05, 0.1) is 10.6 Å². The number of nitrogens with two attached hydrogens (primary N) is 1. The van der Waals surface area contributed by atoms with Crippen LogP contribution >= 0.6 is 0 Å². The van der Waals surface area contributed by atoms with Gasteiger partial charge in [0.15, 0.2) is 17.5 Å². The highest BCUT2D eigenvalue weighted by Crippen LogP contribution is 2.24. The van der Waals surface area contributed by atoms with Gasteiger partial charge in [-0.25, -0.2) is 21.6 Å². The molecule has 0 aliphatic carbocycles. The van der Waals surface area contributed by atoms with Gasteiger partial charge in [0.25, 0.3) is 10.0 Å². The number of hydrogen-bond donors (Lipinski definition) is 2. The summed E-state index contributed by atoms with van der Waals surface area (Å²) in [6.45, 7) is 1.69. The number of nitrogen functional groups attached to an aromatic ring is 1. The van der Waals surface area contributed by atoms with Crippen molar-refractivity contribution in [1.82, 2.24) is 0 Å². The van der Waals surface area contributed by atoms with Crippen molar-refractivity contribution < 1.29 is 21.6 Å². The number of halogens is 3. The molecule has 0 saturated carbocycles. The van der Waals surface area contributed by atoms with E-state index in [0.717, 1.165) is 6.07 Å². The van der Waals surface area contributed by atoms with Gasteiger partial charge in [0.1, 0.15) is 0 Å². The maximum Gasteiger partial charge on any atom is 0.262 e. The second kappa shape index (κ2) is 5.28. The van der Waals surface area contributed by atoms with Crippen molar-refractivity contribution in [2.45, 2.75) is 11.8 Å². The molecule has 0 radical (unpaired) electrons. The van der Waals surface area contributed by atoms with E-state index in [2.05, 4.69) is 0 Å². The Kier molecular flexibility index (Phi) is 3.82. The van der Waals surface area contributed by atoms with Crippen LogP contribution in [0, 0.1) is 24.4 Å². The van der Waals surface area contributed by atoms with Crippen LogP contribution < -0.4 is 10.5 Å². The first-order valence-electron chi connectivity index (χ1n) is 5.75. The molecule has 0 saturated heterocycles. The van der Waals surface area contributed by atoms with Gasteiger partial charge in [-0.05, 0) is 36.8 Å². The topological polar surface area (TPSA) is 72.2 Å². The molecule has 4 nitrogen and oxygen atoms in total. The molecule has 0 aliphatic heterocycles. The van der Waals surface area contributed by atoms with Crippen LogP contribution in [0.1, 0.15) is 5.56 Å². The summed E-state index contributed by atoms with van der Waals surface area (Å²) >= 11 is 0. The molecule has 3 N–H and O–H groups in total. The highest BCUT2D eigenvalue weighted by molar-refractivity contribution is 7.92. The Morgan fingerprint density at radius 2 is 1.71 bits per heavy atom. The highest BCUT2D eigenvalue weighted by Gasteiger charge is 2.20. The highest BCUT2D eigenvalue weighted by atomic mass is 32.2. The van der Waals surface area contributed by atoms with Crippen LogP contribution in [0.15, 0.2) is 35.2 Å². The van der Waals surface area contributed by atoms with Gasteiger partial charge < -0.3 is 5.73 Å². The van der Waals surface area contributed by atoms with E-state index in [1.165, 1.54) is 18.2 Å². The Balaban J connectivity index is 2.42. The summed E-state index contributed by atoms with van der Waals surface area (Å²) in [5.41, 5.74) is 5.84. The number of rotatable bonds is 3. The molecule has 2 rings (SSSR count). The Morgan fingerprint density at radius 1 is 1.05 bits per heavy atom. The number of aryl methyl sites for hydroxylation is 1. The average molecular weight is 316 g/mol. The second-order valence-electron chi connectivity index (χ2n) is 4.35. The number of nitrogens with one attached hydrogen (secondary N) is 1. The van der Waals surface area contributed by atoms with Crippen molar-refractivity contribution in [2.24, 2.45) is 0 Å². The van der Waals surface area contributed by atoms with E-state index < -0.39 is 33.2 Å². The van der Waals surface area contributed by atoms with E-state index in [1.807, 2.05) is 4.72 Å². The van der Waals surface area contributed by atoms with E-state index >= 15 is 0 Å². The standard InChI is InChI=1S/C13H11F3N2O2S/c1-7-2-3-8(6-10(7)17)21(19,20)18-11-5-4-9(14)12(15)13(11)16/h2-6,18H,17H2,1H3. The molecular weight excluding hydrogens is 305 g/mol. The van der Waals surface area contributed by atoms with Crippen LogP contribution in [0.25, 0.3) is 0 Å². The molecule has 0 heterocycles. The Morgan fingerprint density at radius 3 is 2.33 bits per heavy atom. The molecule has 2 aromatic carbocycles. The van der Waals surface area contributed by atoms with Gasteiger partial charge in [-0.1, -0.05) is 6.07 Å². The summed E-state index contributed by atoms with van der Waals surface area (Å²) in [5, 5.41) is 0. The molecule has 2 aromatic rings. The quantitative estimate of drug-likeness (QED) is 0.675. The molecule has 0 aromatic heterocycles.